The van der Waals surface area contributed by atoms with Crippen molar-refractivity contribution >= 4 is 27.5 Å². The molecule has 2 aromatic rings. The zero-order chi connectivity index (χ0) is 19.6. The quantitative estimate of drug-likeness (QED) is 0.798. The third-order valence-corrected chi connectivity index (χ3v) is 6.27. The van der Waals surface area contributed by atoms with Crippen LogP contribution in [0.5, 0.6) is 0 Å². The van der Waals surface area contributed by atoms with E-state index in [1.54, 1.807) is 24.3 Å². The van der Waals surface area contributed by atoms with Crippen molar-refractivity contribution < 1.29 is 22.4 Å². The average Bonchev–Trinajstić information content (AvgIpc) is 3.29. The normalized spacial score (nSPS) is 17.5. The number of rotatable bonds is 6. The predicted octanol–water partition coefficient (Wildman–Crippen LogP) is 1.20. The Kier molecular flexibility index (Phi) is 5.33. The van der Waals surface area contributed by atoms with Gasteiger partial charge >= 0.3 is 0 Å². The summed E-state index contributed by atoms with van der Waals surface area (Å²) in [7, 11) is -0.612. The van der Waals surface area contributed by atoms with Crippen LogP contribution >= 0.6 is 0 Å². The van der Waals surface area contributed by atoms with Crippen molar-refractivity contribution in [3.05, 3.63) is 48.4 Å². The number of hydrogen-bond acceptors (Lipinski definition) is 5. The van der Waals surface area contributed by atoms with Crippen molar-refractivity contribution in [1.29, 1.82) is 0 Å². The maximum atomic E-state index is 12.3. The number of nitrogens with zero attached hydrogens (tertiary/aromatic N) is 2. The Labute approximate surface area is 157 Å². The largest absolute Gasteiger partial charge is 0.467 e. The van der Waals surface area contributed by atoms with Gasteiger partial charge in [0.15, 0.2) is 0 Å². The Morgan fingerprint density at radius 3 is 2.56 bits per heavy atom. The maximum Gasteiger partial charge on any atom is 0.242 e. The summed E-state index contributed by atoms with van der Waals surface area (Å²) in [5.74, 6) is -0.203. The summed E-state index contributed by atoms with van der Waals surface area (Å²) in [6, 6.07) is 9.58. The van der Waals surface area contributed by atoms with Gasteiger partial charge in [0, 0.05) is 32.7 Å². The third-order valence-electron chi connectivity index (χ3n) is 4.44. The van der Waals surface area contributed by atoms with Gasteiger partial charge in [-0.15, -0.1) is 0 Å². The number of hydrogen-bond donors (Lipinski definition) is 1. The van der Waals surface area contributed by atoms with Gasteiger partial charge in [-0.25, -0.2) is 12.7 Å². The summed E-state index contributed by atoms with van der Waals surface area (Å²) in [4.78, 5) is 26.3. The summed E-state index contributed by atoms with van der Waals surface area (Å²) in [6.45, 7) is 0.524. The number of carbonyl (C=O) groups excluding carboxylic acids is 2. The minimum Gasteiger partial charge on any atom is -0.467 e. The molecule has 1 N–H and O–H groups in total. The van der Waals surface area contributed by atoms with Crippen molar-refractivity contribution in [2.75, 3.05) is 25.5 Å². The van der Waals surface area contributed by atoms with Gasteiger partial charge in [0.2, 0.25) is 21.8 Å². The van der Waals surface area contributed by atoms with Gasteiger partial charge in [0.1, 0.15) is 5.76 Å². The topological polar surface area (TPSA) is 99.9 Å². The SMILES string of the molecule is CN(C)S(=O)(=O)c1ccc(N2C[C@H](C(=O)NCc3ccco3)CC2=O)cc1. The van der Waals surface area contributed by atoms with Crippen LogP contribution in [0.1, 0.15) is 12.2 Å². The lowest BCUT2D eigenvalue weighted by Gasteiger charge is -2.18. The van der Waals surface area contributed by atoms with Crippen LogP contribution in [-0.4, -0.2) is 45.2 Å². The fraction of sp³-hybridized carbons (Fsp3) is 0.333. The first-order valence-electron chi connectivity index (χ1n) is 8.42. The zero-order valence-corrected chi connectivity index (χ0v) is 15.9. The average molecular weight is 391 g/mol. The molecule has 1 atom stereocenters. The Morgan fingerprint density at radius 2 is 1.96 bits per heavy atom. The molecule has 1 aliphatic heterocycles. The van der Waals surface area contributed by atoms with Crippen LogP contribution in [-0.2, 0) is 26.2 Å². The monoisotopic (exact) mass is 391 g/mol. The van der Waals surface area contributed by atoms with Crippen molar-refractivity contribution in [3.8, 4) is 0 Å². The van der Waals surface area contributed by atoms with Crippen molar-refractivity contribution in [3.63, 3.8) is 0 Å². The van der Waals surface area contributed by atoms with Gasteiger partial charge in [-0.3, -0.25) is 9.59 Å². The van der Waals surface area contributed by atoms with Crippen LogP contribution < -0.4 is 10.2 Å². The van der Waals surface area contributed by atoms with Crippen LogP contribution in [0, 0.1) is 5.92 Å². The third kappa shape index (κ3) is 4.04. The lowest BCUT2D eigenvalue weighted by Crippen LogP contribution is -2.32. The first-order valence-corrected chi connectivity index (χ1v) is 9.86. The number of carbonyl (C=O) groups is 2. The van der Waals surface area contributed by atoms with E-state index in [1.165, 1.54) is 37.4 Å². The van der Waals surface area contributed by atoms with Gasteiger partial charge in [0.25, 0.3) is 0 Å². The van der Waals surface area contributed by atoms with E-state index in [0.717, 1.165) is 4.31 Å². The van der Waals surface area contributed by atoms with E-state index in [9.17, 15) is 18.0 Å². The van der Waals surface area contributed by atoms with E-state index in [4.69, 9.17) is 4.42 Å². The van der Waals surface area contributed by atoms with Gasteiger partial charge in [-0.2, -0.15) is 0 Å². The van der Waals surface area contributed by atoms with E-state index in [0.29, 0.717) is 11.4 Å². The highest BCUT2D eigenvalue weighted by molar-refractivity contribution is 7.89. The molecule has 0 aliphatic carbocycles. The molecule has 1 aromatic heterocycles. The van der Waals surface area contributed by atoms with Crippen LogP contribution in [0.3, 0.4) is 0 Å². The molecule has 1 fully saturated rings. The first-order chi connectivity index (χ1) is 12.8. The number of nitrogens with one attached hydrogen (secondary N) is 1. The summed E-state index contributed by atoms with van der Waals surface area (Å²) < 4.78 is 30.5. The summed E-state index contributed by atoms with van der Waals surface area (Å²) in [5.41, 5.74) is 0.569. The minimum absolute atomic E-state index is 0.113. The molecule has 0 bridgehead atoms. The number of benzene rings is 1. The zero-order valence-electron chi connectivity index (χ0n) is 15.1. The Hall–Kier alpha value is -2.65. The summed E-state index contributed by atoms with van der Waals surface area (Å²) in [5, 5.41) is 2.76. The highest BCUT2D eigenvalue weighted by atomic mass is 32.2. The lowest BCUT2D eigenvalue weighted by atomic mass is 10.1. The molecular formula is C18H21N3O5S. The summed E-state index contributed by atoms with van der Waals surface area (Å²) in [6.07, 6.45) is 1.64. The standard InChI is InChI=1S/C18H21N3O5S/c1-20(2)27(24,25)16-7-5-14(6-8-16)21-12-13(10-17(21)22)18(23)19-11-15-4-3-9-26-15/h3-9,13H,10-12H2,1-2H3,(H,19,23)/t13-/m1/s1. The van der Waals surface area contributed by atoms with Gasteiger partial charge in [-0.1, -0.05) is 0 Å². The minimum atomic E-state index is -3.53. The van der Waals surface area contributed by atoms with E-state index in [2.05, 4.69) is 5.32 Å². The second kappa shape index (κ2) is 7.53. The number of anilines is 1. The number of furan rings is 1. The van der Waals surface area contributed by atoms with Crippen molar-refractivity contribution in [1.82, 2.24) is 9.62 Å². The molecule has 1 aromatic carbocycles. The van der Waals surface area contributed by atoms with Crippen LogP contribution in [0.2, 0.25) is 0 Å². The summed E-state index contributed by atoms with van der Waals surface area (Å²) >= 11 is 0. The Bertz CT molecular complexity index is 920. The van der Waals surface area contributed by atoms with Gasteiger partial charge in [0.05, 0.1) is 23.6 Å². The van der Waals surface area contributed by atoms with Crippen LogP contribution in [0.25, 0.3) is 0 Å². The molecule has 8 nitrogen and oxygen atoms in total. The molecule has 3 rings (SSSR count). The smallest absolute Gasteiger partial charge is 0.242 e. The molecule has 27 heavy (non-hydrogen) atoms. The van der Waals surface area contributed by atoms with E-state index in [1.807, 2.05) is 0 Å². The molecule has 2 heterocycles. The fourth-order valence-corrected chi connectivity index (χ4v) is 3.78. The highest BCUT2D eigenvalue weighted by Crippen LogP contribution is 2.27. The van der Waals surface area contributed by atoms with Gasteiger partial charge in [-0.05, 0) is 36.4 Å². The Morgan fingerprint density at radius 1 is 1.26 bits per heavy atom. The molecule has 9 heteroatoms. The highest BCUT2D eigenvalue weighted by Gasteiger charge is 2.35. The second-order valence-corrected chi connectivity index (χ2v) is 8.64. The molecule has 1 aliphatic rings. The van der Waals surface area contributed by atoms with Gasteiger partial charge < -0.3 is 14.6 Å². The molecule has 2 amide bonds. The molecule has 0 spiro atoms. The van der Waals surface area contributed by atoms with Crippen molar-refractivity contribution in [2.45, 2.75) is 17.9 Å². The molecule has 0 unspecified atom stereocenters. The molecule has 0 radical (unpaired) electrons. The predicted molar refractivity (Wildman–Crippen MR) is 98.3 cm³/mol. The second-order valence-electron chi connectivity index (χ2n) is 6.48. The fourth-order valence-electron chi connectivity index (χ4n) is 2.87. The molecule has 1 saturated heterocycles. The molecular weight excluding hydrogens is 370 g/mol. The lowest BCUT2D eigenvalue weighted by molar-refractivity contribution is -0.126. The van der Waals surface area contributed by atoms with E-state index in [-0.39, 0.29) is 36.2 Å². The van der Waals surface area contributed by atoms with Crippen LogP contribution in [0.4, 0.5) is 5.69 Å². The first kappa shape index (κ1) is 19.1. The maximum absolute atomic E-state index is 12.3. The van der Waals surface area contributed by atoms with E-state index >= 15 is 0 Å². The Balaban J connectivity index is 1.66. The molecule has 0 saturated carbocycles. The van der Waals surface area contributed by atoms with Crippen LogP contribution in [0.15, 0.2) is 52.0 Å². The van der Waals surface area contributed by atoms with E-state index < -0.39 is 15.9 Å². The number of sulfonamides is 1. The number of amides is 2. The molecule has 144 valence electrons. The van der Waals surface area contributed by atoms with Crippen molar-refractivity contribution in [2.24, 2.45) is 5.92 Å².